The summed E-state index contributed by atoms with van der Waals surface area (Å²) in [6.45, 7) is -0.155. The van der Waals surface area contributed by atoms with Crippen LogP contribution in [-0.2, 0) is 11.8 Å². The van der Waals surface area contributed by atoms with Crippen molar-refractivity contribution < 1.29 is 13.9 Å². The van der Waals surface area contributed by atoms with Crippen LogP contribution in [0.4, 0.5) is 5.69 Å². The number of anilines is 1. The quantitative estimate of drug-likeness (QED) is 0.739. The van der Waals surface area contributed by atoms with Crippen molar-refractivity contribution in [3.05, 3.63) is 53.1 Å². The van der Waals surface area contributed by atoms with Crippen molar-refractivity contribution in [2.24, 2.45) is 7.05 Å². The van der Waals surface area contributed by atoms with Crippen LogP contribution >= 0.6 is 0 Å². The Morgan fingerprint density at radius 3 is 2.95 bits per heavy atom. The van der Waals surface area contributed by atoms with E-state index >= 15 is 0 Å². The van der Waals surface area contributed by atoms with E-state index in [4.69, 9.17) is 9.15 Å². The monoisotopic (exact) mass is 299 g/mol. The molecule has 7 nitrogen and oxygen atoms in total. The molecule has 1 aromatic carbocycles. The van der Waals surface area contributed by atoms with Crippen LogP contribution in [0.25, 0.3) is 11.0 Å². The minimum Gasteiger partial charge on any atom is -0.484 e. The number of aryl methyl sites for hydroxylation is 1. The number of amides is 1. The molecule has 1 amide bonds. The molecule has 2 heterocycles. The third-order valence-corrected chi connectivity index (χ3v) is 2.95. The van der Waals surface area contributed by atoms with Gasteiger partial charge in [0.1, 0.15) is 11.3 Å². The normalized spacial score (nSPS) is 10.6. The molecule has 1 N–H and O–H groups in total. The van der Waals surface area contributed by atoms with Crippen molar-refractivity contribution in [1.29, 1.82) is 0 Å². The lowest BCUT2D eigenvalue weighted by Crippen LogP contribution is -2.19. The molecule has 3 aromatic rings. The highest BCUT2D eigenvalue weighted by atomic mass is 16.5. The summed E-state index contributed by atoms with van der Waals surface area (Å²) in [7, 11) is 1.76. The lowest BCUT2D eigenvalue weighted by Gasteiger charge is -2.06. The number of nitrogens with zero attached hydrogens (tertiary/aromatic N) is 2. The zero-order valence-electron chi connectivity index (χ0n) is 11.8. The van der Waals surface area contributed by atoms with Gasteiger partial charge in [-0.1, -0.05) is 0 Å². The fourth-order valence-corrected chi connectivity index (χ4v) is 1.96. The summed E-state index contributed by atoms with van der Waals surface area (Å²) >= 11 is 0. The third-order valence-electron chi connectivity index (χ3n) is 2.95. The predicted molar refractivity (Wildman–Crippen MR) is 79.8 cm³/mol. The van der Waals surface area contributed by atoms with Gasteiger partial charge < -0.3 is 14.5 Å². The number of carbonyl (C=O) groups is 1. The largest absolute Gasteiger partial charge is 0.484 e. The maximum Gasteiger partial charge on any atom is 0.336 e. The van der Waals surface area contributed by atoms with Crippen LogP contribution in [0.5, 0.6) is 5.75 Å². The molecule has 0 fully saturated rings. The molecule has 3 rings (SSSR count). The van der Waals surface area contributed by atoms with Crippen molar-refractivity contribution in [2.75, 3.05) is 11.9 Å². The maximum absolute atomic E-state index is 11.8. The van der Waals surface area contributed by atoms with E-state index in [1.807, 2.05) is 0 Å². The van der Waals surface area contributed by atoms with Gasteiger partial charge in [-0.05, 0) is 18.2 Å². The van der Waals surface area contributed by atoms with E-state index in [1.165, 1.54) is 6.07 Å². The van der Waals surface area contributed by atoms with Crippen molar-refractivity contribution in [3.63, 3.8) is 0 Å². The molecule has 0 saturated carbocycles. The van der Waals surface area contributed by atoms with Gasteiger partial charge in [0, 0.05) is 30.8 Å². The van der Waals surface area contributed by atoms with Crippen LogP contribution in [0.2, 0.25) is 0 Å². The number of nitrogens with one attached hydrogen (secondary N) is 1. The van der Waals surface area contributed by atoms with Crippen molar-refractivity contribution in [1.82, 2.24) is 9.78 Å². The molecule has 0 atom stereocenters. The summed E-state index contributed by atoms with van der Waals surface area (Å²) in [5, 5.41) is 7.39. The number of rotatable bonds is 4. The highest BCUT2D eigenvalue weighted by Gasteiger charge is 2.06. The second kappa shape index (κ2) is 5.72. The SMILES string of the molecule is Cn1cc(NC(=O)COc2ccc3ccc(=O)oc3c2)cn1. The summed E-state index contributed by atoms with van der Waals surface area (Å²) in [6, 6.07) is 8.06. The van der Waals surface area contributed by atoms with Gasteiger partial charge in [-0.15, -0.1) is 0 Å². The van der Waals surface area contributed by atoms with E-state index in [0.717, 1.165) is 5.39 Å². The molecule has 0 aliphatic heterocycles. The number of fused-ring (bicyclic) bond motifs is 1. The van der Waals surface area contributed by atoms with Gasteiger partial charge in [-0.2, -0.15) is 5.10 Å². The summed E-state index contributed by atoms with van der Waals surface area (Å²) < 4.78 is 12.0. The Bertz CT molecular complexity index is 882. The fraction of sp³-hybridized carbons (Fsp3) is 0.133. The van der Waals surface area contributed by atoms with E-state index in [2.05, 4.69) is 10.4 Å². The van der Waals surface area contributed by atoms with E-state index < -0.39 is 5.63 Å². The molecule has 112 valence electrons. The van der Waals surface area contributed by atoms with E-state index in [0.29, 0.717) is 17.0 Å². The van der Waals surface area contributed by atoms with Gasteiger partial charge in [0.05, 0.1) is 11.9 Å². The number of carbonyl (C=O) groups excluding carboxylic acids is 1. The van der Waals surface area contributed by atoms with Crippen molar-refractivity contribution in [2.45, 2.75) is 0 Å². The lowest BCUT2D eigenvalue weighted by molar-refractivity contribution is -0.118. The van der Waals surface area contributed by atoms with Gasteiger partial charge in [-0.3, -0.25) is 9.48 Å². The summed E-state index contributed by atoms with van der Waals surface area (Å²) in [5.74, 6) is 0.144. The Hall–Kier alpha value is -3.09. The Morgan fingerprint density at radius 2 is 2.18 bits per heavy atom. The Balaban J connectivity index is 1.65. The number of hydrogen-bond acceptors (Lipinski definition) is 5. The number of benzene rings is 1. The molecule has 0 unspecified atom stereocenters. The van der Waals surface area contributed by atoms with Gasteiger partial charge in [0.25, 0.3) is 5.91 Å². The van der Waals surface area contributed by atoms with E-state index in [1.54, 1.807) is 48.4 Å². The van der Waals surface area contributed by atoms with Crippen LogP contribution in [0, 0.1) is 0 Å². The van der Waals surface area contributed by atoms with Gasteiger partial charge in [0.2, 0.25) is 0 Å². The van der Waals surface area contributed by atoms with Crippen LogP contribution in [0.15, 0.2) is 51.9 Å². The second-order valence-electron chi connectivity index (χ2n) is 4.69. The zero-order chi connectivity index (χ0) is 15.5. The van der Waals surface area contributed by atoms with Crippen molar-refractivity contribution >= 4 is 22.6 Å². The maximum atomic E-state index is 11.8. The molecule has 0 radical (unpaired) electrons. The topological polar surface area (TPSA) is 86.4 Å². The van der Waals surface area contributed by atoms with Crippen LogP contribution in [0.3, 0.4) is 0 Å². The first-order valence-corrected chi connectivity index (χ1v) is 6.55. The first kappa shape index (κ1) is 13.9. The standard InChI is InChI=1S/C15H13N3O4/c1-18-8-11(7-16-18)17-14(19)9-21-12-4-2-10-3-5-15(20)22-13(10)6-12/h2-8H,9H2,1H3,(H,17,19). The van der Waals surface area contributed by atoms with Crippen LogP contribution in [-0.4, -0.2) is 22.3 Å². The lowest BCUT2D eigenvalue weighted by atomic mass is 10.2. The number of hydrogen-bond donors (Lipinski definition) is 1. The molecule has 0 bridgehead atoms. The van der Waals surface area contributed by atoms with E-state index in [9.17, 15) is 9.59 Å². The highest BCUT2D eigenvalue weighted by Crippen LogP contribution is 2.19. The average Bonchev–Trinajstić information content (AvgIpc) is 2.89. The summed E-state index contributed by atoms with van der Waals surface area (Å²) in [5.41, 5.74) is 0.581. The smallest absolute Gasteiger partial charge is 0.336 e. The van der Waals surface area contributed by atoms with E-state index in [-0.39, 0.29) is 12.5 Å². The zero-order valence-corrected chi connectivity index (χ0v) is 11.8. The Morgan fingerprint density at radius 1 is 1.36 bits per heavy atom. The summed E-state index contributed by atoms with van der Waals surface area (Å²) in [4.78, 5) is 23.0. The minimum absolute atomic E-state index is 0.155. The average molecular weight is 299 g/mol. The van der Waals surface area contributed by atoms with Crippen LogP contribution < -0.4 is 15.7 Å². The minimum atomic E-state index is -0.432. The fourth-order valence-electron chi connectivity index (χ4n) is 1.96. The molecule has 7 heteroatoms. The molecule has 0 saturated heterocycles. The highest BCUT2D eigenvalue weighted by molar-refractivity contribution is 5.91. The molecular formula is C15H13N3O4. The van der Waals surface area contributed by atoms with Crippen molar-refractivity contribution in [3.8, 4) is 5.75 Å². The predicted octanol–water partition coefficient (Wildman–Crippen LogP) is 1.54. The first-order valence-electron chi connectivity index (χ1n) is 6.55. The molecule has 0 aliphatic rings. The first-order chi connectivity index (χ1) is 10.6. The molecule has 0 spiro atoms. The third kappa shape index (κ3) is 3.14. The molecule has 22 heavy (non-hydrogen) atoms. The van der Waals surface area contributed by atoms with Gasteiger partial charge in [-0.25, -0.2) is 4.79 Å². The Labute approximate surface area is 125 Å². The Kier molecular flexibility index (Phi) is 3.61. The number of aromatic nitrogens is 2. The molecule has 0 aliphatic carbocycles. The molecule has 2 aromatic heterocycles. The van der Waals surface area contributed by atoms with Gasteiger partial charge >= 0.3 is 5.63 Å². The van der Waals surface area contributed by atoms with Gasteiger partial charge in [0.15, 0.2) is 6.61 Å². The number of ether oxygens (including phenoxy) is 1. The van der Waals surface area contributed by atoms with Crippen LogP contribution in [0.1, 0.15) is 0 Å². The summed E-state index contributed by atoms with van der Waals surface area (Å²) in [6.07, 6.45) is 3.23. The second-order valence-corrected chi connectivity index (χ2v) is 4.69. The molecular weight excluding hydrogens is 286 g/mol.